The summed E-state index contributed by atoms with van der Waals surface area (Å²) in [6, 6.07) is 18.3. The Morgan fingerprint density at radius 3 is 2.31 bits per heavy atom. The Labute approximate surface area is 187 Å². The summed E-state index contributed by atoms with van der Waals surface area (Å²) in [6.07, 6.45) is 0. The molecule has 32 heavy (non-hydrogen) atoms. The summed E-state index contributed by atoms with van der Waals surface area (Å²) in [5.74, 6) is -0.756. The number of Topliss-reactive ketones (excluding diaryl/α,β-unsaturated/α-hetero) is 1. The Bertz CT molecular complexity index is 1100. The van der Waals surface area contributed by atoms with E-state index in [1.165, 1.54) is 7.11 Å². The predicted molar refractivity (Wildman–Crippen MR) is 120 cm³/mol. The molecule has 0 spiro atoms. The number of rotatable bonds is 9. The highest BCUT2D eigenvalue weighted by atomic mass is 16.5. The van der Waals surface area contributed by atoms with Gasteiger partial charge in [-0.1, -0.05) is 30.3 Å². The van der Waals surface area contributed by atoms with Crippen LogP contribution >= 0.6 is 0 Å². The highest BCUT2D eigenvalue weighted by Crippen LogP contribution is 2.18. The SMILES string of the molecule is COc1ccc(C(=O)NCC(=O)OCC(=O)c2cc(C)n(Cc3ccccc3)c2C)cc1. The zero-order chi connectivity index (χ0) is 23.1. The van der Waals surface area contributed by atoms with Crippen molar-refractivity contribution in [3.05, 3.63) is 88.7 Å². The molecular weight excluding hydrogens is 408 g/mol. The van der Waals surface area contributed by atoms with Gasteiger partial charge < -0.3 is 19.4 Å². The number of esters is 1. The Morgan fingerprint density at radius 2 is 1.66 bits per heavy atom. The number of ketones is 1. The molecule has 0 saturated heterocycles. The van der Waals surface area contributed by atoms with Gasteiger partial charge in [-0.25, -0.2) is 0 Å². The molecule has 3 aromatic rings. The quantitative estimate of drug-likeness (QED) is 0.412. The molecule has 0 fully saturated rings. The molecule has 0 aliphatic carbocycles. The highest BCUT2D eigenvalue weighted by molar-refractivity contribution is 6.00. The predicted octanol–water partition coefficient (Wildman–Crippen LogP) is 3.32. The fourth-order valence-electron chi connectivity index (χ4n) is 3.36. The van der Waals surface area contributed by atoms with E-state index < -0.39 is 11.9 Å². The fourth-order valence-corrected chi connectivity index (χ4v) is 3.36. The van der Waals surface area contributed by atoms with E-state index in [1.54, 1.807) is 30.3 Å². The lowest BCUT2D eigenvalue weighted by atomic mass is 10.1. The minimum absolute atomic E-state index is 0.285. The van der Waals surface area contributed by atoms with Crippen LogP contribution in [-0.4, -0.2) is 42.5 Å². The molecule has 1 heterocycles. The van der Waals surface area contributed by atoms with Crippen molar-refractivity contribution in [1.82, 2.24) is 9.88 Å². The fraction of sp³-hybridized carbons (Fsp3) is 0.240. The number of hydrogen-bond acceptors (Lipinski definition) is 5. The largest absolute Gasteiger partial charge is 0.497 e. The highest BCUT2D eigenvalue weighted by Gasteiger charge is 2.18. The van der Waals surface area contributed by atoms with Crippen LogP contribution in [0.3, 0.4) is 0 Å². The summed E-state index contributed by atoms with van der Waals surface area (Å²) < 4.78 is 12.2. The van der Waals surface area contributed by atoms with Crippen molar-refractivity contribution in [2.75, 3.05) is 20.3 Å². The zero-order valence-corrected chi connectivity index (χ0v) is 18.4. The number of nitrogens with one attached hydrogen (secondary N) is 1. The molecule has 1 amide bonds. The van der Waals surface area contributed by atoms with Gasteiger partial charge in [-0.3, -0.25) is 14.4 Å². The molecule has 0 unspecified atom stereocenters. The van der Waals surface area contributed by atoms with Crippen LogP contribution < -0.4 is 10.1 Å². The van der Waals surface area contributed by atoms with E-state index in [4.69, 9.17) is 9.47 Å². The molecule has 0 atom stereocenters. The van der Waals surface area contributed by atoms with Gasteiger partial charge in [0.25, 0.3) is 5.91 Å². The molecule has 1 N–H and O–H groups in total. The van der Waals surface area contributed by atoms with Crippen molar-refractivity contribution in [1.29, 1.82) is 0 Å². The van der Waals surface area contributed by atoms with Crippen LogP contribution in [0, 0.1) is 13.8 Å². The van der Waals surface area contributed by atoms with Crippen molar-refractivity contribution >= 4 is 17.7 Å². The maximum absolute atomic E-state index is 12.6. The number of hydrogen-bond donors (Lipinski definition) is 1. The van der Waals surface area contributed by atoms with Crippen molar-refractivity contribution in [3.63, 3.8) is 0 Å². The smallest absolute Gasteiger partial charge is 0.325 e. The Balaban J connectivity index is 1.52. The van der Waals surface area contributed by atoms with Gasteiger partial charge >= 0.3 is 5.97 Å². The number of nitrogens with zero attached hydrogens (tertiary/aromatic N) is 1. The third kappa shape index (κ3) is 5.63. The number of methoxy groups -OCH3 is 1. The number of carbonyl (C=O) groups excluding carboxylic acids is 3. The first-order valence-electron chi connectivity index (χ1n) is 10.2. The maximum atomic E-state index is 12.6. The van der Waals surface area contributed by atoms with E-state index in [-0.39, 0.29) is 18.9 Å². The summed E-state index contributed by atoms with van der Waals surface area (Å²) in [5.41, 5.74) is 3.81. The summed E-state index contributed by atoms with van der Waals surface area (Å²) >= 11 is 0. The summed E-state index contributed by atoms with van der Waals surface area (Å²) in [5, 5.41) is 2.48. The average molecular weight is 434 g/mol. The second kappa shape index (κ2) is 10.4. The van der Waals surface area contributed by atoms with Crippen LogP contribution in [0.1, 0.15) is 37.7 Å². The molecule has 0 bridgehead atoms. The lowest BCUT2D eigenvalue weighted by Gasteiger charge is -2.10. The third-order valence-corrected chi connectivity index (χ3v) is 5.17. The van der Waals surface area contributed by atoms with Crippen molar-refractivity contribution in [3.8, 4) is 5.75 Å². The second-order valence-corrected chi connectivity index (χ2v) is 7.35. The minimum Gasteiger partial charge on any atom is -0.497 e. The molecule has 0 aliphatic rings. The first kappa shape index (κ1) is 22.8. The van der Waals surface area contributed by atoms with Crippen LogP contribution in [0.5, 0.6) is 5.75 Å². The molecule has 0 aliphatic heterocycles. The van der Waals surface area contributed by atoms with Gasteiger partial charge in [0, 0.05) is 29.1 Å². The Hall–Kier alpha value is -3.87. The number of amides is 1. The molecule has 2 aromatic carbocycles. The summed E-state index contributed by atoms with van der Waals surface area (Å²) in [4.78, 5) is 36.7. The number of ether oxygens (including phenoxy) is 2. The van der Waals surface area contributed by atoms with Crippen LogP contribution in [0.15, 0.2) is 60.7 Å². The van der Waals surface area contributed by atoms with Crippen molar-refractivity contribution in [2.45, 2.75) is 20.4 Å². The summed E-state index contributed by atoms with van der Waals surface area (Å²) in [6.45, 7) is 3.76. The molecule has 1 aromatic heterocycles. The van der Waals surface area contributed by atoms with Crippen molar-refractivity contribution in [2.24, 2.45) is 0 Å². The van der Waals surface area contributed by atoms with E-state index in [0.717, 1.165) is 17.0 Å². The van der Waals surface area contributed by atoms with E-state index in [1.807, 2.05) is 44.2 Å². The van der Waals surface area contributed by atoms with Crippen LogP contribution in [-0.2, 0) is 16.1 Å². The van der Waals surface area contributed by atoms with Gasteiger partial charge in [0.15, 0.2) is 6.61 Å². The second-order valence-electron chi connectivity index (χ2n) is 7.35. The monoisotopic (exact) mass is 434 g/mol. The van der Waals surface area contributed by atoms with Gasteiger partial charge in [0.1, 0.15) is 12.3 Å². The third-order valence-electron chi connectivity index (χ3n) is 5.17. The lowest BCUT2D eigenvalue weighted by Crippen LogP contribution is -2.31. The molecule has 0 radical (unpaired) electrons. The summed E-state index contributed by atoms with van der Waals surface area (Å²) in [7, 11) is 1.54. The van der Waals surface area contributed by atoms with Gasteiger partial charge in [-0.15, -0.1) is 0 Å². The molecule has 7 nitrogen and oxygen atoms in total. The normalized spacial score (nSPS) is 10.5. The lowest BCUT2D eigenvalue weighted by molar-refractivity contribution is -0.141. The van der Waals surface area contributed by atoms with E-state index in [0.29, 0.717) is 23.4 Å². The van der Waals surface area contributed by atoms with Gasteiger partial charge in [-0.05, 0) is 49.7 Å². The van der Waals surface area contributed by atoms with Gasteiger partial charge in [0.05, 0.1) is 7.11 Å². The molecule has 166 valence electrons. The van der Waals surface area contributed by atoms with Gasteiger partial charge in [-0.2, -0.15) is 0 Å². The first-order chi connectivity index (χ1) is 15.4. The van der Waals surface area contributed by atoms with Crippen molar-refractivity contribution < 1.29 is 23.9 Å². The van der Waals surface area contributed by atoms with Crippen LogP contribution in [0.2, 0.25) is 0 Å². The van der Waals surface area contributed by atoms with E-state index in [2.05, 4.69) is 9.88 Å². The number of benzene rings is 2. The van der Waals surface area contributed by atoms with Gasteiger partial charge in [0.2, 0.25) is 5.78 Å². The average Bonchev–Trinajstić information content (AvgIpc) is 3.10. The standard InChI is InChI=1S/C25H26N2O5/c1-17-13-22(18(2)27(17)15-19-7-5-4-6-8-19)23(28)16-32-24(29)14-26-25(30)20-9-11-21(31-3)12-10-20/h4-13H,14-16H2,1-3H3,(H,26,30). The first-order valence-corrected chi connectivity index (χ1v) is 10.2. The molecular formula is C25H26N2O5. The molecule has 0 saturated carbocycles. The molecule has 7 heteroatoms. The molecule has 3 rings (SSSR count). The Morgan fingerprint density at radius 1 is 0.969 bits per heavy atom. The number of aromatic nitrogens is 1. The van der Waals surface area contributed by atoms with Crippen LogP contribution in [0.4, 0.5) is 0 Å². The number of carbonyl (C=O) groups is 3. The number of aryl methyl sites for hydroxylation is 1. The zero-order valence-electron chi connectivity index (χ0n) is 18.4. The maximum Gasteiger partial charge on any atom is 0.325 e. The van der Waals surface area contributed by atoms with E-state index >= 15 is 0 Å². The van der Waals surface area contributed by atoms with E-state index in [9.17, 15) is 14.4 Å². The topological polar surface area (TPSA) is 86.6 Å². The van der Waals surface area contributed by atoms with Crippen LogP contribution in [0.25, 0.3) is 0 Å². The minimum atomic E-state index is -0.682. The Kier molecular flexibility index (Phi) is 7.44.